The van der Waals surface area contributed by atoms with E-state index in [-0.39, 0.29) is 12.1 Å². The Bertz CT molecular complexity index is 484. The monoisotopic (exact) mass is 244 g/mol. The van der Waals surface area contributed by atoms with Gasteiger partial charge < -0.3 is 11.1 Å². The Hall–Kier alpha value is -1.60. The number of benzene rings is 1. The summed E-state index contributed by atoms with van der Waals surface area (Å²) >= 11 is 0. The molecule has 0 aromatic heterocycles. The van der Waals surface area contributed by atoms with Crippen molar-refractivity contribution in [1.29, 1.82) is 0 Å². The van der Waals surface area contributed by atoms with Crippen LogP contribution in [0.3, 0.4) is 0 Å². The molecule has 0 spiro atoms. The Kier molecular flexibility index (Phi) is 3.86. The van der Waals surface area contributed by atoms with E-state index in [0.29, 0.717) is 5.69 Å². The minimum Gasteiger partial charge on any atom is -0.398 e. The summed E-state index contributed by atoms with van der Waals surface area (Å²) in [5.74, 6) is -0.993. The molecule has 0 saturated carbocycles. The van der Waals surface area contributed by atoms with Crippen LogP contribution in [0, 0.1) is 0 Å². The van der Waals surface area contributed by atoms with Crippen molar-refractivity contribution >= 4 is 21.7 Å². The van der Waals surface area contributed by atoms with Crippen LogP contribution in [-0.4, -0.2) is 31.2 Å². The first kappa shape index (κ1) is 12.5. The lowest BCUT2D eigenvalue weighted by atomic mass is 10.2. The maximum Gasteiger partial charge on any atom is 0.266 e. The van der Waals surface area contributed by atoms with Gasteiger partial charge in [-0.1, -0.05) is 12.1 Å². The lowest BCUT2D eigenvalue weighted by Gasteiger charge is -2.05. The lowest BCUT2D eigenvalue weighted by Crippen LogP contribution is -2.29. The van der Waals surface area contributed by atoms with Gasteiger partial charge in [0.1, 0.15) is 0 Å². The predicted molar refractivity (Wildman–Crippen MR) is 59.6 cm³/mol. The molecule has 1 aromatic carbocycles. The fourth-order valence-corrected chi connectivity index (χ4v) is 1.45. The van der Waals surface area contributed by atoms with Crippen LogP contribution in [-0.2, 0) is 10.1 Å². The first-order valence-corrected chi connectivity index (χ1v) is 6.09. The third-order valence-electron chi connectivity index (χ3n) is 1.85. The summed E-state index contributed by atoms with van der Waals surface area (Å²) in [6.07, 6.45) is 0. The zero-order chi connectivity index (χ0) is 12.2. The highest BCUT2D eigenvalue weighted by molar-refractivity contribution is 7.85. The quantitative estimate of drug-likeness (QED) is 0.505. The van der Waals surface area contributed by atoms with Crippen LogP contribution in [0.15, 0.2) is 24.3 Å². The van der Waals surface area contributed by atoms with E-state index >= 15 is 0 Å². The first-order chi connectivity index (χ1) is 7.40. The highest BCUT2D eigenvalue weighted by Gasteiger charge is 2.10. The molecule has 16 heavy (non-hydrogen) atoms. The van der Waals surface area contributed by atoms with Crippen molar-refractivity contribution in [3.63, 3.8) is 0 Å². The van der Waals surface area contributed by atoms with Crippen molar-refractivity contribution < 1.29 is 17.8 Å². The molecule has 0 unspecified atom stereocenters. The van der Waals surface area contributed by atoms with Crippen LogP contribution >= 0.6 is 0 Å². The van der Waals surface area contributed by atoms with Gasteiger partial charge in [-0.3, -0.25) is 9.35 Å². The molecule has 0 aliphatic heterocycles. The summed E-state index contributed by atoms with van der Waals surface area (Å²) in [7, 11) is -4.06. The topological polar surface area (TPSA) is 109 Å². The van der Waals surface area contributed by atoms with Gasteiger partial charge >= 0.3 is 0 Å². The van der Waals surface area contributed by atoms with Crippen molar-refractivity contribution in [2.24, 2.45) is 0 Å². The van der Waals surface area contributed by atoms with Crippen molar-refractivity contribution in [2.45, 2.75) is 0 Å². The van der Waals surface area contributed by atoms with Crippen LogP contribution in [0.25, 0.3) is 0 Å². The maximum atomic E-state index is 11.5. The summed E-state index contributed by atoms with van der Waals surface area (Å²) in [4.78, 5) is 11.5. The van der Waals surface area contributed by atoms with Gasteiger partial charge in [-0.2, -0.15) is 8.42 Å². The molecule has 1 amide bonds. The van der Waals surface area contributed by atoms with Gasteiger partial charge in [-0.25, -0.2) is 0 Å². The van der Waals surface area contributed by atoms with E-state index in [0.717, 1.165) is 0 Å². The van der Waals surface area contributed by atoms with Gasteiger partial charge in [0.05, 0.1) is 11.3 Å². The Morgan fingerprint density at radius 2 is 2.00 bits per heavy atom. The number of nitrogen functional groups attached to an aromatic ring is 1. The first-order valence-electron chi connectivity index (χ1n) is 4.48. The van der Waals surface area contributed by atoms with Crippen molar-refractivity contribution in [1.82, 2.24) is 5.32 Å². The third-order valence-corrected chi connectivity index (χ3v) is 2.57. The summed E-state index contributed by atoms with van der Waals surface area (Å²) < 4.78 is 29.2. The molecule has 0 fully saturated rings. The molecular formula is C9H12N2O4S. The third kappa shape index (κ3) is 3.87. The van der Waals surface area contributed by atoms with Gasteiger partial charge in [-0.15, -0.1) is 0 Å². The minimum absolute atomic E-state index is 0.161. The second kappa shape index (κ2) is 4.95. The van der Waals surface area contributed by atoms with Crippen LogP contribution in [0.5, 0.6) is 0 Å². The summed E-state index contributed by atoms with van der Waals surface area (Å²) in [6.45, 7) is -0.161. The van der Waals surface area contributed by atoms with Gasteiger partial charge in [0, 0.05) is 12.2 Å². The Labute approximate surface area is 93.2 Å². The van der Waals surface area contributed by atoms with E-state index < -0.39 is 21.8 Å². The van der Waals surface area contributed by atoms with Crippen LogP contribution in [0.4, 0.5) is 5.69 Å². The molecule has 0 bridgehead atoms. The largest absolute Gasteiger partial charge is 0.398 e. The minimum atomic E-state index is -4.06. The van der Waals surface area contributed by atoms with Crippen LogP contribution in [0.1, 0.15) is 10.4 Å². The number of hydrogen-bond donors (Lipinski definition) is 3. The van der Waals surface area contributed by atoms with Crippen molar-refractivity contribution in [3.05, 3.63) is 29.8 Å². The number of rotatable bonds is 4. The van der Waals surface area contributed by atoms with Crippen molar-refractivity contribution in [2.75, 3.05) is 18.0 Å². The van der Waals surface area contributed by atoms with Crippen LogP contribution < -0.4 is 11.1 Å². The zero-order valence-electron chi connectivity index (χ0n) is 8.38. The fourth-order valence-electron chi connectivity index (χ4n) is 1.09. The predicted octanol–water partition coefficient (Wildman–Crippen LogP) is -0.114. The second-order valence-electron chi connectivity index (χ2n) is 3.13. The average molecular weight is 244 g/mol. The molecule has 0 aliphatic rings. The van der Waals surface area contributed by atoms with E-state index in [1.54, 1.807) is 18.2 Å². The van der Waals surface area contributed by atoms with Crippen LogP contribution in [0.2, 0.25) is 0 Å². The molecule has 4 N–H and O–H groups in total. The normalized spacial score (nSPS) is 11.1. The number of amides is 1. The summed E-state index contributed by atoms with van der Waals surface area (Å²) in [5.41, 5.74) is 6.14. The molecule has 1 rings (SSSR count). The number of anilines is 1. The maximum absolute atomic E-state index is 11.5. The molecule has 0 radical (unpaired) electrons. The molecular weight excluding hydrogens is 232 g/mol. The lowest BCUT2D eigenvalue weighted by molar-refractivity contribution is 0.0957. The fraction of sp³-hybridized carbons (Fsp3) is 0.222. The molecule has 7 heteroatoms. The molecule has 0 heterocycles. The summed E-state index contributed by atoms with van der Waals surface area (Å²) in [5, 5.41) is 2.34. The highest BCUT2D eigenvalue weighted by Crippen LogP contribution is 2.09. The van der Waals surface area contributed by atoms with Crippen molar-refractivity contribution in [3.8, 4) is 0 Å². The van der Waals surface area contributed by atoms with E-state index in [4.69, 9.17) is 10.3 Å². The Morgan fingerprint density at radius 3 is 2.56 bits per heavy atom. The standard InChI is InChI=1S/C9H12N2O4S/c10-8-4-2-1-3-7(8)9(12)11-5-6-16(13,14)15/h1-4H,5-6,10H2,(H,11,12)(H,13,14,15). The molecule has 88 valence electrons. The van der Waals surface area contributed by atoms with E-state index in [2.05, 4.69) is 5.32 Å². The number of nitrogens with two attached hydrogens (primary N) is 1. The van der Waals surface area contributed by atoms with E-state index in [1.807, 2.05) is 0 Å². The second-order valence-corrected chi connectivity index (χ2v) is 4.70. The Morgan fingerprint density at radius 1 is 1.38 bits per heavy atom. The zero-order valence-corrected chi connectivity index (χ0v) is 9.20. The molecule has 6 nitrogen and oxygen atoms in total. The number of para-hydroxylation sites is 1. The van der Waals surface area contributed by atoms with Gasteiger partial charge in [0.25, 0.3) is 16.0 Å². The molecule has 0 saturated heterocycles. The number of hydrogen-bond acceptors (Lipinski definition) is 4. The number of nitrogens with one attached hydrogen (secondary N) is 1. The highest BCUT2D eigenvalue weighted by atomic mass is 32.2. The Balaban J connectivity index is 2.57. The molecule has 0 aliphatic carbocycles. The molecule has 1 aromatic rings. The van der Waals surface area contributed by atoms with Gasteiger partial charge in [0.2, 0.25) is 0 Å². The van der Waals surface area contributed by atoms with Gasteiger partial charge in [0.15, 0.2) is 0 Å². The van der Waals surface area contributed by atoms with Gasteiger partial charge in [-0.05, 0) is 12.1 Å². The SMILES string of the molecule is Nc1ccccc1C(=O)NCCS(=O)(=O)O. The van der Waals surface area contributed by atoms with E-state index in [9.17, 15) is 13.2 Å². The van der Waals surface area contributed by atoms with E-state index in [1.165, 1.54) is 6.07 Å². The molecule has 0 atom stereocenters. The number of carbonyl (C=O) groups is 1. The smallest absolute Gasteiger partial charge is 0.266 e. The average Bonchev–Trinajstić information content (AvgIpc) is 2.16. The number of carbonyl (C=O) groups excluding carboxylic acids is 1. The summed E-state index contributed by atoms with van der Waals surface area (Å²) in [6, 6.07) is 6.42.